The lowest BCUT2D eigenvalue weighted by atomic mass is 9.34. The van der Waals surface area contributed by atoms with Crippen LogP contribution in [-0.2, 0) is 0 Å². The molecule has 0 N–H and O–H groups in total. The predicted octanol–water partition coefficient (Wildman–Crippen LogP) is 5.54. The fourth-order valence-electron chi connectivity index (χ4n) is 5.09. The Morgan fingerprint density at radius 1 is 0.586 bits per heavy atom. The zero-order valence-corrected chi connectivity index (χ0v) is 18.5. The third kappa shape index (κ3) is 2.98. The average molecular weight is 437 g/mol. The zero-order chi connectivity index (χ0) is 20.1. The lowest BCUT2D eigenvalue weighted by Gasteiger charge is -2.22. The molecule has 0 saturated carbocycles. The topological polar surface area (TPSA) is 0 Å². The van der Waals surface area contributed by atoms with Gasteiger partial charge in [0, 0.05) is 4.47 Å². The molecule has 0 aromatic heterocycles. The SMILES string of the molecule is Cc1cc(C)c(B2c3ccccc3-c3ccccc3-c3cc(Br)ccc32)c(C)c1. The van der Waals surface area contributed by atoms with Gasteiger partial charge in [-0.3, -0.25) is 0 Å². The largest absolute Gasteiger partial charge is 0.243 e. The molecule has 0 bridgehead atoms. The molecule has 4 aromatic carbocycles. The molecule has 5 rings (SSSR count). The Bertz CT molecular complexity index is 1230. The summed E-state index contributed by atoms with van der Waals surface area (Å²) in [6.45, 7) is 6.91. The van der Waals surface area contributed by atoms with Gasteiger partial charge in [0.2, 0.25) is 6.71 Å². The summed E-state index contributed by atoms with van der Waals surface area (Å²) < 4.78 is 1.12. The maximum Gasteiger partial charge on any atom is 0.243 e. The molecule has 1 aliphatic heterocycles. The van der Waals surface area contributed by atoms with E-state index in [1.807, 2.05) is 0 Å². The van der Waals surface area contributed by atoms with Crippen molar-refractivity contribution >= 4 is 39.0 Å². The van der Waals surface area contributed by atoms with Crippen LogP contribution in [0.5, 0.6) is 0 Å². The third-order valence-corrected chi connectivity index (χ3v) is 6.63. The number of rotatable bonds is 1. The van der Waals surface area contributed by atoms with Crippen molar-refractivity contribution < 1.29 is 0 Å². The van der Waals surface area contributed by atoms with Crippen LogP contribution < -0.4 is 16.4 Å². The Morgan fingerprint density at radius 3 is 1.83 bits per heavy atom. The van der Waals surface area contributed by atoms with E-state index in [0.29, 0.717) is 0 Å². The van der Waals surface area contributed by atoms with E-state index in [-0.39, 0.29) is 6.71 Å². The fourth-order valence-corrected chi connectivity index (χ4v) is 5.45. The molecule has 0 saturated heterocycles. The molecule has 0 amide bonds. The minimum Gasteiger partial charge on any atom is -0.0664 e. The van der Waals surface area contributed by atoms with Gasteiger partial charge in [-0.25, -0.2) is 0 Å². The van der Waals surface area contributed by atoms with E-state index >= 15 is 0 Å². The third-order valence-electron chi connectivity index (χ3n) is 6.13. The zero-order valence-electron chi connectivity index (χ0n) is 17.0. The molecule has 140 valence electrons. The van der Waals surface area contributed by atoms with Crippen LogP contribution >= 0.6 is 15.9 Å². The fraction of sp³-hybridized carbons (Fsp3) is 0.111. The second-order valence-electron chi connectivity index (χ2n) is 8.11. The van der Waals surface area contributed by atoms with Gasteiger partial charge in [0.25, 0.3) is 0 Å². The van der Waals surface area contributed by atoms with Gasteiger partial charge in [-0.2, -0.15) is 0 Å². The van der Waals surface area contributed by atoms with Crippen molar-refractivity contribution in [3.05, 3.63) is 100 Å². The molecule has 0 spiro atoms. The van der Waals surface area contributed by atoms with Crippen LogP contribution in [0.4, 0.5) is 0 Å². The molecule has 0 atom stereocenters. The highest BCUT2D eigenvalue weighted by Gasteiger charge is 2.33. The first-order valence-corrected chi connectivity index (χ1v) is 10.9. The molecule has 0 nitrogen and oxygen atoms in total. The molecule has 0 unspecified atom stereocenters. The summed E-state index contributed by atoms with van der Waals surface area (Å²) in [6, 6.07) is 29.2. The molecular weight excluding hydrogens is 415 g/mol. The second-order valence-corrected chi connectivity index (χ2v) is 9.03. The maximum absolute atomic E-state index is 3.72. The predicted molar refractivity (Wildman–Crippen MR) is 130 cm³/mol. The van der Waals surface area contributed by atoms with E-state index in [2.05, 4.69) is 116 Å². The van der Waals surface area contributed by atoms with Crippen molar-refractivity contribution in [3.63, 3.8) is 0 Å². The van der Waals surface area contributed by atoms with Crippen LogP contribution in [0.25, 0.3) is 22.3 Å². The molecule has 0 fully saturated rings. The Balaban J connectivity index is 1.94. The van der Waals surface area contributed by atoms with Gasteiger partial charge in [0.1, 0.15) is 0 Å². The highest BCUT2D eigenvalue weighted by molar-refractivity contribution is 9.10. The van der Waals surface area contributed by atoms with Crippen molar-refractivity contribution in [2.75, 3.05) is 0 Å². The minimum atomic E-state index is 0.210. The standard InChI is InChI=1S/C27H22BBr/c1-17-14-18(2)27(19(3)15-17)28-25-11-7-6-10-23(25)21-8-4-5-9-22(21)24-16-20(29)12-13-26(24)28/h4-16H,1-3H3. The van der Waals surface area contributed by atoms with E-state index in [0.717, 1.165) is 4.47 Å². The van der Waals surface area contributed by atoms with E-state index in [1.54, 1.807) is 0 Å². The Hall–Kier alpha value is -2.58. The molecule has 1 heterocycles. The van der Waals surface area contributed by atoms with Gasteiger partial charge < -0.3 is 0 Å². The molecule has 0 aliphatic carbocycles. The number of halogens is 1. The van der Waals surface area contributed by atoms with Crippen LogP contribution in [0.15, 0.2) is 83.3 Å². The van der Waals surface area contributed by atoms with E-state index in [1.165, 1.54) is 55.3 Å². The summed E-state index contributed by atoms with van der Waals surface area (Å²) in [5, 5.41) is 0. The number of benzene rings is 4. The first-order valence-electron chi connectivity index (χ1n) is 10.1. The van der Waals surface area contributed by atoms with E-state index in [4.69, 9.17) is 0 Å². The van der Waals surface area contributed by atoms with Crippen LogP contribution in [-0.4, -0.2) is 6.71 Å². The summed E-state index contributed by atoms with van der Waals surface area (Å²) in [4.78, 5) is 0. The van der Waals surface area contributed by atoms with Crippen molar-refractivity contribution in [2.45, 2.75) is 20.8 Å². The van der Waals surface area contributed by atoms with Crippen molar-refractivity contribution in [1.82, 2.24) is 0 Å². The number of hydrogen-bond donors (Lipinski definition) is 0. The minimum absolute atomic E-state index is 0.210. The van der Waals surface area contributed by atoms with Crippen molar-refractivity contribution in [1.29, 1.82) is 0 Å². The second kappa shape index (κ2) is 7.04. The summed E-state index contributed by atoms with van der Waals surface area (Å²) >= 11 is 3.72. The van der Waals surface area contributed by atoms with Gasteiger partial charge in [-0.05, 0) is 55.2 Å². The average Bonchev–Trinajstić information content (AvgIpc) is 2.81. The summed E-state index contributed by atoms with van der Waals surface area (Å²) in [6.07, 6.45) is 0. The van der Waals surface area contributed by atoms with Gasteiger partial charge in [0.15, 0.2) is 0 Å². The van der Waals surface area contributed by atoms with Crippen LogP contribution in [0.1, 0.15) is 16.7 Å². The molecule has 4 aromatic rings. The van der Waals surface area contributed by atoms with E-state index < -0.39 is 0 Å². The molecule has 2 heteroatoms. The van der Waals surface area contributed by atoms with Crippen molar-refractivity contribution in [2.24, 2.45) is 0 Å². The maximum atomic E-state index is 3.72. The van der Waals surface area contributed by atoms with Crippen molar-refractivity contribution in [3.8, 4) is 22.3 Å². The quantitative estimate of drug-likeness (QED) is 0.302. The Labute approximate surface area is 181 Å². The van der Waals surface area contributed by atoms with Crippen LogP contribution in [0.3, 0.4) is 0 Å². The summed E-state index contributed by atoms with van der Waals surface area (Å²) in [5.74, 6) is 0. The van der Waals surface area contributed by atoms with Crippen LogP contribution in [0, 0.1) is 20.8 Å². The number of fused-ring (bicyclic) bond motifs is 5. The molecule has 0 radical (unpaired) electrons. The monoisotopic (exact) mass is 436 g/mol. The number of aryl methyl sites for hydroxylation is 3. The highest BCUT2D eigenvalue weighted by Crippen LogP contribution is 2.34. The van der Waals surface area contributed by atoms with Gasteiger partial charge >= 0.3 is 0 Å². The Kier molecular flexibility index (Phi) is 4.48. The molecule has 29 heavy (non-hydrogen) atoms. The lowest BCUT2D eigenvalue weighted by Crippen LogP contribution is -2.54. The van der Waals surface area contributed by atoms with Gasteiger partial charge in [0.05, 0.1) is 0 Å². The lowest BCUT2D eigenvalue weighted by molar-refractivity contribution is 1.35. The first-order chi connectivity index (χ1) is 14.0. The van der Waals surface area contributed by atoms with Crippen LogP contribution in [0.2, 0.25) is 0 Å². The number of hydrogen-bond acceptors (Lipinski definition) is 0. The molecular formula is C27H22BBr. The normalized spacial score (nSPS) is 12.1. The smallest absolute Gasteiger partial charge is 0.0664 e. The summed E-state index contributed by atoms with van der Waals surface area (Å²) in [5.41, 5.74) is 13.5. The highest BCUT2D eigenvalue weighted by atomic mass is 79.9. The van der Waals surface area contributed by atoms with E-state index in [9.17, 15) is 0 Å². The summed E-state index contributed by atoms with van der Waals surface area (Å²) in [7, 11) is 0. The van der Waals surface area contributed by atoms with Gasteiger partial charge in [-0.1, -0.05) is 116 Å². The molecule has 1 aliphatic rings. The Morgan fingerprint density at radius 2 is 1.14 bits per heavy atom. The van der Waals surface area contributed by atoms with Gasteiger partial charge in [-0.15, -0.1) is 0 Å². The first kappa shape index (κ1) is 18.5.